The molecule has 0 amide bonds. The molecular weight excluding hydrogens is 274 g/mol. The average molecular weight is 296 g/mol. The Balaban J connectivity index is 2.99. The molecular formula is C16H22ClNO2. The van der Waals surface area contributed by atoms with Crippen LogP contribution in [0.5, 0.6) is 11.5 Å². The molecule has 0 aliphatic heterocycles. The average Bonchev–Trinajstić information content (AvgIpc) is 2.37. The third kappa shape index (κ3) is 5.32. The van der Waals surface area contributed by atoms with Gasteiger partial charge in [-0.15, -0.1) is 12.3 Å². The lowest BCUT2D eigenvalue weighted by atomic mass is 10.1. The minimum Gasteiger partial charge on any atom is -0.493 e. The van der Waals surface area contributed by atoms with Gasteiger partial charge in [0, 0.05) is 35.2 Å². The molecule has 1 rings (SSSR count). The van der Waals surface area contributed by atoms with Crippen molar-refractivity contribution in [3.05, 3.63) is 22.7 Å². The van der Waals surface area contributed by atoms with Crippen LogP contribution >= 0.6 is 11.6 Å². The zero-order valence-electron chi connectivity index (χ0n) is 12.5. The molecule has 0 saturated heterocycles. The Morgan fingerprint density at radius 3 is 2.60 bits per heavy atom. The molecule has 20 heavy (non-hydrogen) atoms. The Kier molecular flexibility index (Phi) is 6.19. The maximum atomic E-state index is 6.12. The summed E-state index contributed by atoms with van der Waals surface area (Å²) in [6.07, 6.45) is 5.80. The zero-order valence-corrected chi connectivity index (χ0v) is 13.3. The summed E-state index contributed by atoms with van der Waals surface area (Å²) in [5.74, 6) is 3.88. The van der Waals surface area contributed by atoms with Gasteiger partial charge in [-0.2, -0.15) is 0 Å². The minimum absolute atomic E-state index is 0.00559. The molecule has 0 unspecified atom stereocenters. The van der Waals surface area contributed by atoms with Gasteiger partial charge < -0.3 is 14.8 Å². The second-order valence-electron chi connectivity index (χ2n) is 5.50. The van der Waals surface area contributed by atoms with Crippen molar-refractivity contribution in [2.24, 2.45) is 0 Å². The quantitative estimate of drug-likeness (QED) is 0.642. The molecule has 1 aromatic carbocycles. The molecule has 0 aromatic heterocycles. The highest BCUT2D eigenvalue weighted by molar-refractivity contribution is 6.30. The van der Waals surface area contributed by atoms with Crippen molar-refractivity contribution in [2.75, 3.05) is 13.7 Å². The summed E-state index contributed by atoms with van der Waals surface area (Å²) in [4.78, 5) is 0. The molecule has 3 nitrogen and oxygen atoms in total. The summed E-state index contributed by atoms with van der Waals surface area (Å²) >= 11 is 6.12. The number of nitrogens with one attached hydrogen (secondary N) is 1. The molecule has 0 aliphatic rings. The Labute approximate surface area is 126 Å². The van der Waals surface area contributed by atoms with E-state index in [2.05, 4.69) is 32.0 Å². The van der Waals surface area contributed by atoms with E-state index in [9.17, 15) is 0 Å². The van der Waals surface area contributed by atoms with Crippen LogP contribution in [0.25, 0.3) is 0 Å². The van der Waals surface area contributed by atoms with Crippen LogP contribution in [0.2, 0.25) is 5.02 Å². The van der Waals surface area contributed by atoms with Gasteiger partial charge in [-0.3, -0.25) is 0 Å². The number of terminal acetylenes is 1. The molecule has 110 valence electrons. The number of benzene rings is 1. The first-order chi connectivity index (χ1) is 9.37. The Morgan fingerprint density at radius 1 is 1.35 bits per heavy atom. The second-order valence-corrected chi connectivity index (χ2v) is 5.94. The normalized spacial score (nSPS) is 11.0. The van der Waals surface area contributed by atoms with Gasteiger partial charge in [0.25, 0.3) is 0 Å². The van der Waals surface area contributed by atoms with Gasteiger partial charge in [-0.1, -0.05) is 11.6 Å². The Morgan fingerprint density at radius 2 is 2.05 bits per heavy atom. The SMILES string of the molecule is C#CCCOc1c(CNC(C)(C)C)cc(Cl)cc1OC. The van der Waals surface area contributed by atoms with E-state index in [1.54, 1.807) is 13.2 Å². The predicted octanol–water partition coefficient (Wildman–Crippen LogP) is 3.64. The van der Waals surface area contributed by atoms with Crippen molar-refractivity contribution in [1.82, 2.24) is 5.32 Å². The second kappa shape index (κ2) is 7.42. The summed E-state index contributed by atoms with van der Waals surface area (Å²) in [5, 5.41) is 4.04. The van der Waals surface area contributed by atoms with Crippen LogP contribution in [0.1, 0.15) is 32.8 Å². The van der Waals surface area contributed by atoms with Crippen molar-refractivity contribution >= 4 is 11.6 Å². The van der Waals surface area contributed by atoms with Crippen molar-refractivity contribution < 1.29 is 9.47 Å². The van der Waals surface area contributed by atoms with Gasteiger partial charge >= 0.3 is 0 Å². The maximum absolute atomic E-state index is 6.12. The summed E-state index contributed by atoms with van der Waals surface area (Å²) in [6, 6.07) is 3.63. The minimum atomic E-state index is 0.00559. The Bertz CT molecular complexity index is 486. The van der Waals surface area contributed by atoms with Crippen molar-refractivity contribution in [1.29, 1.82) is 0 Å². The fourth-order valence-electron chi connectivity index (χ4n) is 1.64. The first-order valence-corrected chi connectivity index (χ1v) is 6.93. The predicted molar refractivity (Wildman–Crippen MR) is 83.5 cm³/mol. The number of hydrogen-bond acceptors (Lipinski definition) is 3. The molecule has 0 aliphatic carbocycles. The molecule has 0 radical (unpaired) electrons. The van der Waals surface area contributed by atoms with E-state index in [0.717, 1.165) is 5.56 Å². The fourth-order valence-corrected chi connectivity index (χ4v) is 1.87. The van der Waals surface area contributed by atoms with Crippen molar-refractivity contribution in [3.63, 3.8) is 0 Å². The third-order valence-electron chi connectivity index (χ3n) is 2.62. The highest BCUT2D eigenvalue weighted by Crippen LogP contribution is 2.35. The molecule has 0 heterocycles. The molecule has 0 saturated carbocycles. The molecule has 1 aromatic rings. The van der Waals surface area contributed by atoms with E-state index < -0.39 is 0 Å². The van der Waals surface area contributed by atoms with Gasteiger partial charge in [0.05, 0.1) is 13.7 Å². The first-order valence-electron chi connectivity index (χ1n) is 6.55. The molecule has 0 atom stereocenters. The van der Waals surface area contributed by atoms with Crippen LogP contribution in [0.4, 0.5) is 0 Å². The summed E-state index contributed by atoms with van der Waals surface area (Å²) in [5.41, 5.74) is 0.965. The van der Waals surface area contributed by atoms with Crippen LogP contribution in [0.3, 0.4) is 0 Å². The van der Waals surface area contributed by atoms with Crippen LogP contribution in [-0.2, 0) is 6.54 Å². The monoisotopic (exact) mass is 295 g/mol. The number of halogens is 1. The molecule has 0 fully saturated rings. The molecule has 0 bridgehead atoms. The third-order valence-corrected chi connectivity index (χ3v) is 2.84. The topological polar surface area (TPSA) is 30.5 Å². The molecule has 0 spiro atoms. The lowest BCUT2D eigenvalue weighted by Crippen LogP contribution is -2.35. The highest BCUT2D eigenvalue weighted by atomic mass is 35.5. The Hall–Kier alpha value is -1.37. The molecule has 1 N–H and O–H groups in total. The number of hydrogen-bond donors (Lipinski definition) is 1. The van der Waals surface area contributed by atoms with Crippen LogP contribution in [-0.4, -0.2) is 19.3 Å². The lowest BCUT2D eigenvalue weighted by molar-refractivity contribution is 0.295. The number of ether oxygens (including phenoxy) is 2. The summed E-state index contributed by atoms with van der Waals surface area (Å²) in [7, 11) is 1.60. The van der Waals surface area contributed by atoms with Crippen LogP contribution in [0, 0.1) is 12.3 Å². The smallest absolute Gasteiger partial charge is 0.165 e. The van der Waals surface area contributed by atoms with Gasteiger partial charge in [0.1, 0.15) is 0 Å². The van der Waals surface area contributed by atoms with E-state index in [-0.39, 0.29) is 5.54 Å². The van der Waals surface area contributed by atoms with Crippen LogP contribution in [0.15, 0.2) is 12.1 Å². The van der Waals surface area contributed by atoms with E-state index in [1.165, 1.54) is 0 Å². The van der Waals surface area contributed by atoms with E-state index in [0.29, 0.717) is 36.1 Å². The van der Waals surface area contributed by atoms with Crippen molar-refractivity contribution in [2.45, 2.75) is 39.3 Å². The zero-order chi connectivity index (χ0) is 15.2. The summed E-state index contributed by atoms with van der Waals surface area (Å²) < 4.78 is 11.1. The van der Waals surface area contributed by atoms with E-state index in [1.807, 2.05) is 6.07 Å². The standard InChI is InChI=1S/C16H22ClNO2/c1-6-7-8-20-15-12(11-18-16(2,3)4)9-13(17)10-14(15)19-5/h1,9-10,18H,7-8,11H2,2-5H3. The first kappa shape index (κ1) is 16.7. The van der Waals surface area contributed by atoms with Gasteiger partial charge in [-0.05, 0) is 26.8 Å². The highest BCUT2D eigenvalue weighted by Gasteiger charge is 2.15. The van der Waals surface area contributed by atoms with E-state index in [4.69, 9.17) is 27.5 Å². The summed E-state index contributed by atoms with van der Waals surface area (Å²) in [6.45, 7) is 7.41. The van der Waals surface area contributed by atoms with Gasteiger partial charge in [0.15, 0.2) is 11.5 Å². The number of rotatable bonds is 6. The van der Waals surface area contributed by atoms with Gasteiger partial charge in [-0.25, -0.2) is 0 Å². The molecule has 4 heteroatoms. The fraction of sp³-hybridized carbons (Fsp3) is 0.500. The van der Waals surface area contributed by atoms with Crippen LogP contribution < -0.4 is 14.8 Å². The van der Waals surface area contributed by atoms with Gasteiger partial charge in [0.2, 0.25) is 0 Å². The largest absolute Gasteiger partial charge is 0.493 e. The number of methoxy groups -OCH3 is 1. The maximum Gasteiger partial charge on any atom is 0.165 e. The van der Waals surface area contributed by atoms with E-state index >= 15 is 0 Å². The lowest BCUT2D eigenvalue weighted by Gasteiger charge is -2.22. The van der Waals surface area contributed by atoms with Crippen molar-refractivity contribution in [3.8, 4) is 23.8 Å².